The first-order valence-corrected chi connectivity index (χ1v) is 5.87. The van der Waals surface area contributed by atoms with Gasteiger partial charge in [0.25, 0.3) is 0 Å². The van der Waals surface area contributed by atoms with Crippen LogP contribution in [0.5, 0.6) is 0 Å². The molecule has 2 rings (SSSR count). The fourth-order valence-electron chi connectivity index (χ4n) is 1.91. The highest BCUT2D eigenvalue weighted by Gasteiger charge is 2.10. The van der Waals surface area contributed by atoms with Crippen molar-refractivity contribution in [2.24, 2.45) is 5.92 Å². The van der Waals surface area contributed by atoms with Crippen molar-refractivity contribution in [1.82, 2.24) is 9.55 Å². The second-order valence-corrected chi connectivity index (χ2v) is 4.65. The average Bonchev–Trinajstić information content (AvgIpc) is 2.63. The monoisotopic (exact) mass is 236 g/mol. The van der Waals surface area contributed by atoms with Gasteiger partial charge in [0.1, 0.15) is 18.2 Å². The van der Waals surface area contributed by atoms with Gasteiger partial charge in [-0.3, -0.25) is 0 Å². The molecule has 4 heteroatoms. The van der Waals surface area contributed by atoms with Gasteiger partial charge in [-0.05, 0) is 24.5 Å². The molecule has 3 nitrogen and oxygen atoms in total. The molecular formula is C13H17FN2O. The maximum Gasteiger partial charge on any atom is 0.135 e. The van der Waals surface area contributed by atoms with Crippen molar-refractivity contribution in [3.63, 3.8) is 0 Å². The van der Waals surface area contributed by atoms with Crippen LogP contribution in [0.1, 0.15) is 26.1 Å². The third kappa shape index (κ3) is 2.47. The molecule has 0 radical (unpaired) electrons. The molecule has 92 valence electrons. The van der Waals surface area contributed by atoms with Gasteiger partial charge >= 0.3 is 0 Å². The zero-order valence-corrected chi connectivity index (χ0v) is 10.2. The van der Waals surface area contributed by atoms with Crippen LogP contribution in [0.3, 0.4) is 0 Å². The third-order valence-electron chi connectivity index (χ3n) is 2.86. The summed E-state index contributed by atoms with van der Waals surface area (Å²) in [4.78, 5) is 4.24. The van der Waals surface area contributed by atoms with Crippen molar-refractivity contribution in [1.29, 1.82) is 0 Å². The van der Waals surface area contributed by atoms with E-state index in [1.54, 1.807) is 6.07 Å². The molecule has 0 bridgehead atoms. The summed E-state index contributed by atoms with van der Waals surface area (Å²) in [5, 5.41) is 9.28. The summed E-state index contributed by atoms with van der Waals surface area (Å²) in [5.41, 5.74) is 1.49. The quantitative estimate of drug-likeness (QED) is 0.886. The number of nitrogens with zero attached hydrogens (tertiary/aromatic N) is 2. The Bertz CT molecular complexity index is 519. The van der Waals surface area contributed by atoms with Gasteiger partial charge in [-0.2, -0.15) is 0 Å². The minimum absolute atomic E-state index is 0.117. The van der Waals surface area contributed by atoms with Crippen LogP contribution in [0.15, 0.2) is 18.2 Å². The first-order valence-electron chi connectivity index (χ1n) is 5.87. The van der Waals surface area contributed by atoms with Gasteiger partial charge in [-0.15, -0.1) is 0 Å². The Balaban J connectivity index is 2.43. The Morgan fingerprint density at radius 1 is 1.41 bits per heavy atom. The first kappa shape index (κ1) is 12.0. The van der Waals surface area contributed by atoms with Crippen molar-refractivity contribution in [2.45, 2.75) is 33.4 Å². The van der Waals surface area contributed by atoms with Gasteiger partial charge in [0.15, 0.2) is 0 Å². The van der Waals surface area contributed by atoms with E-state index in [2.05, 4.69) is 18.8 Å². The third-order valence-corrected chi connectivity index (χ3v) is 2.86. The molecule has 1 aromatic heterocycles. The Morgan fingerprint density at radius 2 is 2.18 bits per heavy atom. The standard InChI is InChI=1S/C13H17FN2O/c1-9(2)5-6-16-12-4-3-10(14)7-11(12)15-13(16)8-17/h3-4,7,9,17H,5-6,8H2,1-2H3. The molecule has 0 saturated carbocycles. The molecular weight excluding hydrogens is 219 g/mol. The van der Waals surface area contributed by atoms with Crippen LogP contribution in [-0.2, 0) is 13.2 Å². The number of benzene rings is 1. The normalized spacial score (nSPS) is 11.6. The number of aryl methyl sites for hydroxylation is 1. The number of aliphatic hydroxyl groups is 1. The van der Waals surface area contributed by atoms with E-state index in [0.717, 1.165) is 18.5 Å². The van der Waals surface area contributed by atoms with Crippen LogP contribution in [0, 0.1) is 11.7 Å². The number of fused-ring (bicyclic) bond motifs is 1. The van der Waals surface area contributed by atoms with Gasteiger partial charge in [0.2, 0.25) is 0 Å². The average molecular weight is 236 g/mol. The first-order chi connectivity index (χ1) is 8.11. The molecule has 0 aliphatic heterocycles. The van der Waals surface area contributed by atoms with Crippen molar-refractivity contribution >= 4 is 11.0 Å². The number of aromatic nitrogens is 2. The fourth-order valence-corrected chi connectivity index (χ4v) is 1.91. The van der Waals surface area contributed by atoms with E-state index in [9.17, 15) is 9.50 Å². The molecule has 0 aliphatic carbocycles. The summed E-state index contributed by atoms with van der Waals surface area (Å²) in [7, 11) is 0. The maximum atomic E-state index is 13.1. The zero-order valence-electron chi connectivity index (χ0n) is 10.2. The summed E-state index contributed by atoms with van der Waals surface area (Å²) < 4.78 is 15.1. The van der Waals surface area contributed by atoms with E-state index in [4.69, 9.17) is 0 Å². The molecule has 0 saturated heterocycles. The number of aliphatic hydroxyl groups excluding tert-OH is 1. The maximum absolute atomic E-state index is 13.1. The largest absolute Gasteiger partial charge is 0.388 e. The van der Waals surface area contributed by atoms with Crippen LogP contribution in [0.4, 0.5) is 4.39 Å². The van der Waals surface area contributed by atoms with Gasteiger partial charge in [-0.25, -0.2) is 9.37 Å². The van der Waals surface area contributed by atoms with Crippen molar-refractivity contribution < 1.29 is 9.50 Å². The van der Waals surface area contributed by atoms with E-state index in [1.165, 1.54) is 12.1 Å². The number of imidazole rings is 1. The molecule has 17 heavy (non-hydrogen) atoms. The second-order valence-electron chi connectivity index (χ2n) is 4.65. The zero-order chi connectivity index (χ0) is 12.4. The topological polar surface area (TPSA) is 38.0 Å². The van der Waals surface area contributed by atoms with Crippen molar-refractivity contribution in [2.75, 3.05) is 0 Å². The minimum Gasteiger partial charge on any atom is -0.388 e. The van der Waals surface area contributed by atoms with Crippen LogP contribution >= 0.6 is 0 Å². The van der Waals surface area contributed by atoms with E-state index >= 15 is 0 Å². The van der Waals surface area contributed by atoms with E-state index in [1.807, 2.05) is 4.57 Å². The molecule has 0 atom stereocenters. The lowest BCUT2D eigenvalue weighted by Gasteiger charge is -2.09. The van der Waals surface area contributed by atoms with Gasteiger partial charge in [-0.1, -0.05) is 13.8 Å². The number of hydrogen-bond acceptors (Lipinski definition) is 2. The van der Waals surface area contributed by atoms with Gasteiger partial charge < -0.3 is 9.67 Å². The summed E-state index contributed by atoms with van der Waals surface area (Å²) >= 11 is 0. The highest BCUT2D eigenvalue weighted by Crippen LogP contribution is 2.19. The SMILES string of the molecule is CC(C)CCn1c(CO)nc2cc(F)ccc21. The lowest BCUT2D eigenvalue weighted by molar-refractivity contribution is 0.264. The highest BCUT2D eigenvalue weighted by atomic mass is 19.1. The molecule has 0 fully saturated rings. The molecule has 0 aliphatic rings. The van der Waals surface area contributed by atoms with Crippen molar-refractivity contribution in [3.8, 4) is 0 Å². The van der Waals surface area contributed by atoms with Crippen LogP contribution in [0.2, 0.25) is 0 Å². The predicted octanol–water partition coefficient (Wildman–Crippen LogP) is 2.71. The molecule has 1 aromatic carbocycles. The Kier molecular flexibility index (Phi) is 3.43. The molecule has 0 spiro atoms. The van der Waals surface area contributed by atoms with E-state index in [-0.39, 0.29) is 12.4 Å². The number of halogens is 1. The second kappa shape index (κ2) is 4.84. The summed E-state index contributed by atoms with van der Waals surface area (Å²) in [6, 6.07) is 4.55. The molecule has 1 heterocycles. The van der Waals surface area contributed by atoms with Crippen LogP contribution in [-0.4, -0.2) is 14.7 Å². The highest BCUT2D eigenvalue weighted by molar-refractivity contribution is 5.76. The van der Waals surface area contributed by atoms with Gasteiger partial charge in [0.05, 0.1) is 11.0 Å². The van der Waals surface area contributed by atoms with E-state index in [0.29, 0.717) is 17.3 Å². The summed E-state index contributed by atoms with van der Waals surface area (Å²) in [6.07, 6.45) is 1.01. The summed E-state index contributed by atoms with van der Waals surface area (Å²) in [5.74, 6) is 0.890. The smallest absolute Gasteiger partial charge is 0.135 e. The molecule has 2 aromatic rings. The summed E-state index contributed by atoms with van der Waals surface area (Å²) in [6.45, 7) is 4.99. The van der Waals surface area contributed by atoms with E-state index < -0.39 is 0 Å². The predicted molar refractivity (Wildman–Crippen MR) is 65.1 cm³/mol. The van der Waals surface area contributed by atoms with Gasteiger partial charge in [0, 0.05) is 12.6 Å². The molecule has 0 unspecified atom stereocenters. The van der Waals surface area contributed by atoms with Crippen LogP contribution in [0.25, 0.3) is 11.0 Å². The Hall–Kier alpha value is -1.42. The van der Waals surface area contributed by atoms with Crippen LogP contribution < -0.4 is 0 Å². The number of rotatable bonds is 4. The Labute approximate surface area is 99.9 Å². The minimum atomic E-state index is -0.296. The Morgan fingerprint density at radius 3 is 2.82 bits per heavy atom. The lowest BCUT2D eigenvalue weighted by Crippen LogP contribution is -2.06. The molecule has 1 N–H and O–H groups in total. The fraction of sp³-hybridized carbons (Fsp3) is 0.462. The van der Waals surface area contributed by atoms with Crippen molar-refractivity contribution in [3.05, 3.63) is 29.8 Å². The number of hydrogen-bond donors (Lipinski definition) is 1. The lowest BCUT2D eigenvalue weighted by atomic mass is 10.1. The molecule has 0 amide bonds.